The van der Waals surface area contributed by atoms with Gasteiger partial charge in [0, 0.05) is 23.3 Å². The fraction of sp³-hybridized carbons (Fsp3) is 0. The zero-order valence-corrected chi connectivity index (χ0v) is 8.98. The van der Waals surface area contributed by atoms with Crippen LogP contribution in [0.5, 0.6) is 0 Å². The zero-order valence-electron chi connectivity index (χ0n) is 8.16. The fourth-order valence-corrected chi connectivity index (χ4v) is 1.64. The molecule has 0 saturated heterocycles. The lowest BCUT2D eigenvalue weighted by molar-refractivity contribution is 0.321. The van der Waals surface area contributed by atoms with Gasteiger partial charge in [0.2, 0.25) is 0 Å². The van der Waals surface area contributed by atoms with E-state index in [0.29, 0.717) is 10.7 Å². The van der Waals surface area contributed by atoms with Crippen molar-refractivity contribution in [3.8, 4) is 11.8 Å². The van der Waals surface area contributed by atoms with E-state index in [0.717, 1.165) is 5.56 Å². The molecule has 0 radical (unpaired) electrons. The highest BCUT2D eigenvalue weighted by atomic mass is 32.1. The SMILES string of the molecule is O/N=C/c1csc(C#Cc2cccnc2)n1. The summed E-state index contributed by atoms with van der Waals surface area (Å²) in [6.45, 7) is 0. The van der Waals surface area contributed by atoms with Crippen molar-refractivity contribution < 1.29 is 5.21 Å². The Labute approximate surface area is 96.3 Å². The Hall–Kier alpha value is -2.19. The predicted molar refractivity (Wildman–Crippen MR) is 61.7 cm³/mol. The fourth-order valence-electron chi connectivity index (χ4n) is 1.02. The number of pyridine rings is 1. The van der Waals surface area contributed by atoms with Crippen molar-refractivity contribution in [2.24, 2.45) is 5.16 Å². The van der Waals surface area contributed by atoms with Crippen LogP contribution >= 0.6 is 11.3 Å². The van der Waals surface area contributed by atoms with Gasteiger partial charge in [0.05, 0.1) is 11.9 Å². The molecule has 0 fully saturated rings. The monoisotopic (exact) mass is 229 g/mol. The average Bonchev–Trinajstić information content (AvgIpc) is 2.76. The van der Waals surface area contributed by atoms with E-state index in [1.165, 1.54) is 17.6 Å². The van der Waals surface area contributed by atoms with Crippen LogP contribution in [-0.2, 0) is 0 Å². The molecule has 0 spiro atoms. The lowest BCUT2D eigenvalue weighted by atomic mass is 10.3. The second-order valence-electron chi connectivity index (χ2n) is 2.81. The first kappa shape index (κ1) is 10.3. The first-order chi connectivity index (χ1) is 7.88. The number of rotatable bonds is 1. The minimum absolute atomic E-state index is 0.600. The first-order valence-corrected chi connectivity index (χ1v) is 5.31. The maximum Gasteiger partial charge on any atom is 0.167 e. The molecule has 0 aliphatic carbocycles. The summed E-state index contributed by atoms with van der Waals surface area (Å²) in [5.41, 5.74) is 1.44. The Bertz CT molecular complexity index is 551. The summed E-state index contributed by atoms with van der Waals surface area (Å²) in [6.07, 6.45) is 4.66. The van der Waals surface area contributed by atoms with Crippen molar-refractivity contribution >= 4 is 17.6 Å². The minimum atomic E-state index is 0.600. The van der Waals surface area contributed by atoms with Crippen molar-refractivity contribution in [2.75, 3.05) is 0 Å². The maximum atomic E-state index is 8.33. The molecule has 0 amide bonds. The zero-order chi connectivity index (χ0) is 11.2. The van der Waals surface area contributed by atoms with Gasteiger partial charge in [-0.1, -0.05) is 11.1 Å². The molecule has 0 unspecified atom stereocenters. The summed E-state index contributed by atoms with van der Waals surface area (Å²) in [6, 6.07) is 3.71. The summed E-state index contributed by atoms with van der Waals surface area (Å²) in [5, 5.41) is 13.7. The summed E-state index contributed by atoms with van der Waals surface area (Å²) in [7, 11) is 0. The number of hydrogen-bond donors (Lipinski definition) is 1. The summed E-state index contributed by atoms with van der Waals surface area (Å²) >= 11 is 1.40. The highest BCUT2D eigenvalue weighted by Gasteiger charge is 1.95. The molecule has 0 aliphatic rings. The van der Waals surface area contributed by atoms with E-state index in [9.17, 15) is 0 Å². The Morgan fingerprint density at radius 1 is 1.44 bits per heavy atom. The van der Waals surface area contributed by atoms with Gasteiger partial charge in [0.25, 0.3) is 0 Å². The van der Waals surface area contributed by atoms with Crippen LogP contribution in [0.25, 0.3) is 0 Å². The quantitative estimate of drug-likeness (QED) is 0.351. The van der Waals surface area contributed by atoms with Gasteiger partial charge in [-0.2, -0.15) is 0 Å². The highest BCUT2D eigenvalue weighted by Crippen LogP contribution is 2.06. The molecule has 2 aromatic heterocycles. The van der Waals surface area contributed by atoms with Crippen LogP contribution in [0.15, 0.2) is 35.1 Å². The van der Waals surface area contributed by atoms with Crippen molar-refractivity contribution in [1.82, 2.24) is 9.97 Å². The molecule has 0 bridgehead atoms. The van der Waals surface area contributed by atoms with Crippen molar-refractivity contribution in [1.29, 1.82) is 0 Å². The smallest absolute Gasteiger partial charge is 0.167 e. The molecule has 78 valence electrons. The van der Waals surface area contributed by atoms with Crippen molar-refractivity contribution in [2.45, 2.75) is 0 Å². The Morgan fingerprint density at radius 3 is 3.12 bits per heavy atom. The van der Waals surface area contributed by atoms with E-state index in [1.807, 2.05) is 12.1 Å². The van der Waals surface area contributed by atoms with Gasteiger partial charge in [-0.3, -0.25) is 4.98 Å². The maximum absolute atomic E-state index is 8.33. The van der Waals surface area contributed by atoms with Crippen LogP contribution < -0.4 is 0 Å². The van der Waals surface area contributed by atoms with Crippen LogP contribution in [0.3, 0.4) is 0 Å². The standard InChI is InChI=1S/C11H7N3OS/c15-13-7-10-8-16-11(14-10)4-3-9-2-1-5-12-6-9/h1-2,5-8,15H/b13-7+. The molecule has 2 rings (SSSR count). The molecule has 16 heavy (non-hydrogen) atoms. The van der Waals surface area contributed by atoms with Gasteiger partial charge in [0.15, 0.2) is 5.01 Å². The third-order valence-electron chi connectivity index (χ3n) is 1.69. The van der Waals surface area contributed by atoms with E-state index < -0.39 is 0 Å². The first-order valence-electron chi connectivity index (χ1n) is 4.43. The second-order valence-corrected chi connectivity index (χ2v) is 3.67. The molecular formula is C11H7N3OS. The van der Waals surface area contributed by atoms with Crippen molar-refractivity contribution in [3.63, 3.8) is 0 Å². The van der Waals surface area contributed by atoms with Crippen LogP contribution in [0.4, 0.5) is 0 Å². The van der Waals surface area contributed by atoms with Crippen molar-refractivity contribution in [3.05, 3.63) is 46.2 Å². The van der Waals surface area contributed by atoms with Crippen LogP contribution in [0, 0.1) is 11.8 Å². The largest absolute Gasteiger partial charge is 0.411 e. The third kappa shape index (κ3) is 2.65. The van der Waals surface area contributed by atoms with E-state index >= 15 is 0 Å². The summed E-state index contributed by atoms with van der Waals surface area (Å²) in [5.74, 6) is 5.86. The van der Waals surface area contributed by atoms with E-state index in [4.69, 9.17) is 5.21 Å². The van der Waals surface area contributed by atoms with E-state index in [-0.39, 0.29) is 0 Å². The van der Waals surface area contributed by atoms with Crippen LogP contribution in [0.1, 0.15) is 16.3 Å². The molecule has 2 aromatic rings. The molecule has 0 atom stereocenters. The molecule has 4 nitrogen and oxygen atoms in total. The normalized spacial score (nSPS) is 10.0. The van der Waals surface area contributed by atoms with Gasteiger partial charge < -0.3 is 5.21 Å². The van der Waals surface area contributed by atoms with Crippen LogP contribution in [0.2, 0.25) is 0 Å². The van der Waals surface area contributed by atoms with Gasteiger partial charge in [0.1, 0.15) is 0 Å². The highest BCUT2D eigenvalue weighted by molar-refractivity contribution is 7.10. The van der Waals surface area contributed by atoms with E-state index in [1.54, 1.807) is 17.8 Å². The Balaban J connectivity index is 2.18. The third-order valence-corrected chi connectivity index (χ3v) is 2.46. The number of oxime groups is 1. The number of nitrogens with zero attached hydrogens (tertiary/aromatic N) is 3. The van der Waals surface area contributed by atoms with Gasteiger partial charge in [-0.25, -0.2) is 4.98 Å². The molecule has 5 heteroatoms. The Kier molecular flexibility index (Phi) is 3.26. The van der Waals surface area contributed by atoms with Gasteiger partial charge in [-0.15, -0.1) is 11.3 Å². The second kappa shape index (κ2) is 5.05. The molecular weight excluding hydrogens is 222 g/mol. The molecule has 0 aliphatic heterocycles. The predicted octanol–water partition coefficient (Wildman–Crippen LogP) is 1.75. The summed E-state index contributed by atoms with van der Waals surface area (Å²) in [4.78, 5) is 8.09. The van der Waals surface area contributed by atoms with Gasteiger partial charge in [-0.05, 0) is 18.1 Å². The lowest BCUT2D eigenvalue weighted by Gasteiger charge is -1.84. The van der Waals surface area contributed by atoms with Gasteiger partial charge >= 0.3 is 0 Å². The minimum Gasteiger partial charge on any atom is -0.411 e. The Morgan fingerprint density at radius 2 is 2.38 bits per heavy atom. The molecule has 0 aromatic carbocycles. The number of aromatic nitrogens is 2. The van der Waals surface area contributed by atoms with Crippen LogP contribution in [-0.4, -0.2) is 21.4 Å². The summed E-state index contributed by atoms with van der Waals surface area (Å²) < 4.78 is 0. The molecule has 2 heterocycles. The molecule has 0 saturated carbocycles. The topological polar surface area (TPSA) is 58.4 Å². The number of thiazole rings is 1. The molecule has 1 N–H and O–H groups in total. The number of hydrogen-bond acceptors (Lipinski definition) is 5. The lowest BCUT2D eigenvalue weighted by Crippen LogP contribution is -1.81. The van der Waals surface area contributed by atoms with E-state index in [2.05, 4.69) is 27.0 Å². The average molecular weight is 229 g/mol.